The zero-order valence-electron chi connectivity index (χ0n) is 9.66. The Balaban J connectivity index is 0.00000256. The Kier molecular flexibility index (Phi) is 6.89. The molecule has 0 aromatic heterocycles. The molecule has 0 saturated heterocycles. The van der Waals surface area contributed by atoms with Crippen LogP contribution < -0.4 is 5.73 Å². The molecule has 1 fully saturated rings. The van der Waals surface area contributed by atoms with Crippen molar-refractivity contribution in [2.75, 3.05) is 13.7 Å². The molecule has 0 aliphatic heterocycles. The number of carbonyl (C=O) groups is 1. The second kappa shape index (κ2) is 7.08. The second-order valence-electron chi connectivity index (χ2n) is 4.07. The van der Waals surface area contributed by atoms with Crippen molar-refractivity contribution in [2.45, 2.75) is 43.8 Å². The van der Waals surface area contributed by atoms with Gasteiger partial charge in [-0.25, -0.2) is 8.78 Å². The Morgan fingerprint density at radius 2 is 2.00 bits per heavy atom. The van der Waals surface area contributed by atoms with Gasteiger partial charge in [0.2, 0.25) is 0 Å². The molecular weight excluding hydrogens is 256 g/mol. The molecule has 1 saturated carbocycles. The van der Waals surface area contributed by atoms with Crippen LogP contribution in [0.3, 0.4) is 0 Å². The quantitative estimate of drug-likeness (QED) is 0.789. The predicted molar refractivity (Wildman–Crippen MR) is 60.4 cm³/mol. The van der Waals surface area contributed by atoms with Crippen LogP contribution in [-0.2, 0) is 14.3 Å². The van der Waals surface area contributed by atoms with Crippen LogP contribution in [0.2, 0.25) is 0 Å². The summed E-state index contributed by atoms with van der Waals surface area (Å²) in [5.41, 5.74) is 4.88. The Hall–Kier alpha value is -0.460. The lowest BCUT2D eigenvalue weighted by Crippen LogP contribution is -2.52. The van der Waals surface area contributed by atoms with Crippen LogP contribution in [0, 0.1) is 0 Å². The number of methoxy groups -OCH3 is 1. The maximum Gasteiger partial charge on any atom is 0.325 e. The third-order valence-corrected chi connectivity index (χ3v) is 2.87. The van der Waals surface area contributed by atoms with E-state index >= 15 is 0 Å². The Bertz CT molecular complexity index is 246. The Morgan fingerprint density at radius 1 is 1.47 bits per heavy atom. The van der Waals surface area contributed by atoms with E-state index < -0.39 is 24.5 Å². The first-order valence-corrected chi connectivity index (χ1v) is 5.25. The van der Waals surface area contributed by atoms with Gasteiger partial charge in [-0.1, -0.05) is 0 Å². The van der Waals surface area contributed by atoms with Gasteiger partial charge in [0.15, 0.2) is 0 Å². The molecule has 2 N–H and O–H groups in total. The lowest BCUT2D eigenvalue weighted by atomic mass is 9.81. The highest BCUT2D eigenvalue weighted by Crippen LogP contribution is 2.29. The van der Waals surface area contributed by atoms with Crippen LogP contribution in [0.4, 0.5) is 8.78 Å². The van der Waals surface area contributed by atoms with E-state index in [1.165, 1.54) is 7.11 Å². The van der Waals surface area contributed by atoms with Gasteiger partial charge in [0.05, 0.1) is 13.2 Å². The predicted octanol–water partition coefficient (Wildman–Crippen LogP) is 1.50. The molecule has 0 spiro atoms. The first-order chi connectivity index (χ1) is 7.48. The summed E-state index contributed by atoms with van der Waals surface area (Å²) in [7, 11) is 1.29. The molecule has 4 nitrogen and oxygen atoms in total. The number of hydrogen-bond acceptors (Lipinski definition) is 4. The summed E-state index contributed by atoms with van der Waals surface area (Å²) >= 11 is 0. The first-order valence-electron chi connectivity index (χ1n) is 5.25. The minimum absolute atomic E-state index is 0. The maximum absolute atomic E-state index is 11.9. The minimum Gasteiger partial charge on any atom is -0.468 e. The Morgan fingerprint density at radius 3 is 2.41 bits per heavy atom. The molecule has 0 bridgehead atoms. The highest BCUT2D eigenvalue weighted by Gasteiger charge is 2.39. The number of halogens is 3. The summed E-state index contributed by atoms with van der Waals surface area (Å²) in [5.74, 6) is -0.445. The molecular formula is C10H18ClF2NO3. The molecule has 0 unspecified atom stereocenters. The molecule has 0 atom stereocenters. The summed E-state index contributed by atoms with van der Waals surface area (Å²) in [4.78, 5) is 11.4. The third-order valence-electron chi connectivity index (χ3n) is 2.87. The second-order valence-corrected chi connectivity index (χ2v) is 4.07. The lowest BCUT2D eigenvalue weighted by molar-refractivity contribution is -0.150. The molecule has 0 aromatic rings. The summed E-state index contributed by atoms with van der Waals surface area (Å²) in [6, 6.07) is 0. The first kappa shape index (κ1) is 16.5. The SMILES string of the molecule is COC(=O)C1(N)CCC(OCC(F)F)CC1.Cl. The molecule has 0 heterocycles. The number of ether oxygens (including phenoxy) is 2. The number of carbonyl (C=O) groups excluding carboxylic acids is 1. The molecule has 0 radical (unpaired) electrons. The lowest BCUT2D eigenvalue weighted by Gasteiger charge is -2.34. The van der Waals surface area contributed by atoms with E-state index in [0.717, 1.165) is 0 Å². The van der Waals surface area contributed by atoms with Gasteiger partial charge in [-0.2, -0.15) is 0 Å². The standard InChI is InChI=1S/C10H17F2NO3.ClH/c1-15-9(14)10(13)4-2-7(3-5-10)16-6-8(11)12;/h7-8H,2-6,13H2,1H3;1H. The summed E-state index contributed by atoms with van der Waals surface area (Å²) < 4.78 is 33.4. The van der Waals surface area contributed by atoms with Crippen molar-refractivity contribution in [1.82, 2.24) is 0 Å². The zero-order valence-corrected chi connectivity index (χ0v) is 10.5. The molecule has 7 heteroatoms. The minimum atomic E-state index is -2.45. The topological polar surface area (TPSA) is 61.5 Å². The molecule has 102 valence electrons. The number of hydrogen-bond donors (Lipinski definition) is 1. The van der Waals surface area contributed by atoms with Crippen LogP contribution in [0.5, 0.6) is 0 Å². The third kappa shape index (κ3) is 4.73. The van der Waals surface area contributed by atoms with Crippen molar-refractivity contribution in [1.29, 1.82) is 0 Å². The van der Waals surface area contributed by atoms with Gasteiger partial charge in [0.1, 0.15) is 12.1 Å². The largest absolute Gasteiger partial charge is 0.468 e. The molecule has 0 amide bonds. The molecule has 0 aromatic carbocycles. The van der Waals surface area contributed by atoms with E-state index in [0.29, 0.717) is 25.7 Å². The van der Waals surface area contributed by atoms with Gasteiger partial charge in [-0.05, 0) is 25.7 Å². The molecule has 1 aliphatic carbocycles. The van der Waals surface area contributed by atoms with Crippen LogP contribution in [-0.4, -0.2) is 37.8 Å². The number of rotatable bonds is 4. The number of nitrogens with two attached hydrogens (primary N) is 1. The van der Waals surface area contributed by atoms with Gasteiger partial charge in [-0.15, -0.1) is 12.4 Å². The van der Waals surface area contributed by atoms with E-state index in [1.807, 2.05) is 0 Å². The van der Waals surface area contributed by atoms with Crippen molar-refractivity contribution in [3.63, 3.8) is 0 Å². The van der Waals surface area contributed by atoms with Crippen LogP contribution >= 0.6 is 12.4 Å². The average molecular weight is 274 g/mol. The van der Waals surface area contributed by atoms with Crippen molar-refractivity contribution < 1.29 is 23.0 Å². The van der Waals surface area contributed by atoms with Crippen molar-refractivity contribution >= 4 is 18.4 Å². The highest BCUT2D eigenvalue weighted by molar-refractivity contribution is 5.85. The summed E-state index contributed by atoms with van der Waals surface area (Å²) in [6.45, 7) is -0.555. The van der Waals surface area contributed by atoms with E-state index in [2.05, 4.69) is 4.74 Å². The van der Waals surface area contributed by atoms with E-state index in [1.54, 1.807) is 0 Å². The van der Waals surface area contributed by atoms with Crippen LogP contribution in [0.1, 0.15) is 25.7 Å². The normalized spacial score (nSPS) is 28.6. The summed E-state index contributed by atoms with van der Waals surface area (Å²) in [5, 5.41) is 0. The van der Waals surface area contributed by atoms with Gasteiger partial charge >= 0.3 is 5.97 Å². The fourth-order valence-corrected chi connectivity index (χ4v) is 1.89. The maximum atomic E-state index is 11.9. The zero-order chi connectivity index (χ0) is 12.2. The van der Waals surface area contributed by atoms with E-state index in [9.17, 15) is 13.6 Å². The van der Waals surface area contributed by atoms with Crippen LogP contribution in [0.25, 0.3) is 0 Å². The Labute approximate surface area is 105 Å². The van der Waals surface area contributed by atoms with Crippen molar-refractivity contribution in [3.05, 3.63) is 0 Å². The monoisotopic (exact) mass is 273 g/mol. The highest BCUT2D eigenvalue weighted by atomic mass is 35.5. The molecule has 1 aliphatic rings. The van der Waals surface area contributed by atoms with Gasteiger partial charge < -0.3 is 15.2 Å². The summed E-state index contributed by atoms with van der Waals surface area (Å²) in [6.07, 6.45) is -0.835. The fraction of sp³-hybridized carbons (Fsp3) is 0.900. The van der Waals surface area contributed by atoms with Gasteiger partial charge in [-0.3, -0.25) is 4.79 Å². The average Bonchev–Trinajstić information content (AvgIpc) is 2.27. The van der Waals surface area contributed by atoms with Crippen molar-refractivity contribution in [3.8, 4) is 0 Å². The smallest absolute Gasteiger partial charge is 0.325 e. The van der Waals surface area contributed by atoms with E-state index in [-0.39, 0.29) is 18.5 Å². The molecule has 1 rings (SSSR count). The molecule has 17 heavy (non-hydrogen) atoms. The van der Waals surface area contributed by atoms with Crippen LogP contribution in [0.15, 0.2) is 0 Å². The number of esters is 1. The van der Waals surface area contributed by atoms with Crippen molar-refractivity contribution in [2.24, 2.45) is 5.73 Å². The fourth-order valence-electron chi connectivity index (χ4n) is 1.89. The number of alkyl halides is 2. The van der Waals surface area contributed by atoms with Gasteiger partial charge in [0, 0.05) is 0 Å². The van der Waals surface area contributed by atoms with Gasteiger partial charge in [0.25, 0.3) is 6.43 Å². The van der Waals surface area contributed by atoms with E-state index in [4.69, 9.17) is 10.5 Å².